The second-order valence-corrected chi connectivity index (χ2v) is 4.38. The van der Waals surface area contributed by atoms with Gasteiger partial charge in [0.2, 0.25) is 0 Å². The summed E-state index contributed by atoms with van der Waals surface area (Å²) in [5.41, 5.74) is 3.87. The number of aliphatic hydroxyl groups excluding tert-OH is 1. The third kappa shape index (κ3) is 2.06. The second kappa shape index (κ2) is 4.33. The van der Waals surface area contributed by atoms with Crippen molar-refractivity contribution in [3.63, 3.8) is 0 Å². The van der Waals surface area contributed by atoms with Gasteiger partial charge in [-0.2, -0.15) is 0 Å². The van der Waals surface area contributed by atoms with Crippen LogP contribution in [0.1, 0.15) is 30.5 Å². The number of fused-ring (bicyclic) bond motifs is 1. The molecule has 1 N–H and O–H groups in total. The molecule has 2 heteroatoms. The minimum atomic E-state index is 0.152. The first kappa shape index (κ1) is 10.7. The van der Waals surface area contributed by atoms with E-state index < -0.39 is 0 Å². The molecule has 1 aromatic rings. The van der Waals surface area contributed by atoms with Crippen molar-refractivity contribution in [3.05, 3.63) is 34.9 Å². The SMILES string of the molecule is CCN1Cc2ccc(CO)cc2CC1C. The normalized spacial score (nSPS) is 21.4. The van der Waals surface area contributed by atoms with Crippen LogP contribution in [-0.2, 0) is 19.6 Å². The van der Waals surface area contributed by atoms with E-state index in [1.807, 2.05) is 6.07 Å². The fraction of sp³-hybridized carbons (Fsp3) is 0.538. The maximum atomic E-state index is 9.09. The van der Waals surface area contributed by atoms with E-state index in [-0.39, 0.29) is 6.61 Å². The van der Waals surface area contributed by atoms with Crippen LogP contribution in [0.5, 0.6) is 0 Å². The Bertz CT molecular complexity index is 348. The minimum Gasteiger partial charge on any atom is -0.392 e. The Morgan fingerprint density at radius 2 is 2.20 bits per heavy atom. The highest BCUT2D eigenvalue weighted by Crippen LogP contribution is 2.23. The Hall–Kier alpha value is -0.860. The average molecular weight is 205 g/mol. The lowest BCUT2D eigenvalue weighted by Gasteiger charge is -2.34. The van der Waals surface area contributed by atoms with Gasteiger partial charge in [0.25, 0.3) is 0 Å². The molecular formula is C13H19NO. The Kier molecular flexibility index (Phi) is 3.08. The van der Waals surface area contributed by atoms with E-state index in [1.54, 1.807) is 0 Å². The monoisotopic (exact) mass is 205 g/mol. The predicted molar refractivity (Wildman–Crippen MR) is 61.6 cm³/mol. The number of benzene rings is 1. The molecule has 0 saturated carbocycles. The third-order valence-corrected chi connectivity index (χ3v) is 3.37. The summed E-state index contributed by atoms with van der Waals surface area (Å²) in [5, 5.41) is 9.09. The lowest BCUT2D eigenvalue weighted by molar-refractivity contribution is 0.194. The highest BCUT2D eigenvalue weighted by Gasteiger charge is 2.21. The zero-order valence-electron chi connectivity index (χ0n) is 9.53. The molecule has 1 aromatic carbocycles. The van der Waals surface area contributed by atoms with Crippen molar-refractivity contribution in [3.8, 4) is 0 Å². The van der Waals surface area contributed by atoms with Crippen molar-refractivity contribution in [2.45, 2.75) is 39.5 Å². The van der Waals surface area contributed by atoms with Crippen LogP contribution in [0.2, 0.25) is 0 Å². The summed E-state index contributed by atoms with van der Waals surface area (Å²) in [6.07, 6.45) is 1.11. The molecule has 0 fully saturated rings. The van der Waals surface area contributed by atoms with Gasteiger partial charge in [-0.25, -0.2) is 0 Å². The van der Waals surface area contributed by atoms with Gasteiger partial charge in [0.1, 0.15) is 0 Å². The number of likely N-dealkylation sites (N-methyl/N-ethyl adjacent to an activating group) is 1. The van der Waals surface area contributed by atoms with Crippen LogP contribution in [0.15, 0.2) is 18.2 Å². The van der Waals surface area contributed by atoms with Gasteiger partial charge in [0.05, 0.1) is 6.61 Å². The first-order valence-corrected chi connectivity index (χ1v) is 5.70. The van der Waals surface area contributed by atoms with Crippen molar-refractivity contribution in [2.75, 3.05) is 6.54 Å². The third-order valence-electron chi connectivity index (χ3n) is 3.37. The van der Waals surface area contributed by atoms with Crippen LogP contribution < -0.4 is 0 Å². The summed E-state index contributed by atoms with van der Waals surface area (Å²) in [7, 11) is 0. The van der Waals surface area contributed by atoms with E-state index in [0.717, 1.165) is 25.1 Å². The summed E-state index contributed by atoms with van der Waals surface area (Å²) < 4.78 is 0. The zero-order valence-corrected chi connectivity index (χ0v) is 9.53. The molecule has 0 aromatic heterocycles. The second-order valence-electron chi connectivity index (χ2n) is 4.38. The van der Waals surface area contributed by atoms with Crippen molar-refractivity contribution < 1.29 is 5.11 Å². The van der Waals surface area contributed by atoms with Crippen LogP contribution in [0.3, 0.4) is 0 Å². The molecule has 1 aliphatic rings. The molecule has 0 aliphatic carbocycles. The van der Waals surface area contributed by atoms with E-state index in [4.69, 9.17) is 5.11 Å². The van der Waals surface area contributed by atoms with Gasteiger partial charge in [-0.3, -0.25) is 4.90 Å². The number of hydrogen-bond acceptors (Lipinski definition) is 2. The predicted octanol–water partition coefficient (Wildman–Crippen LogP) is 1.95. The topological polar surface area (TPSA) is 23.5 Å². The summed E-state index contributed by atoms with van der Waals surface area (Å²) in [6, 6.07) is 6.97. The van der Waals surface area contributed by atoms with Crippen molar-refractivity contribution >= 4 is 0 Å². The molecule has 15 heavy (non-hydrogen) atoms. The smallest absolute Gasteiger partial charge is 0.0681 e. The molecule has 1 aliphatic heterocycles. The van der Waals surface area contributed by atoms with E-state index >= 15 is 0 Å². The first-order valence-electron chi connectivity index (χ1n) is 5.70. The highest BCUT2D eigenvalue weighted by molar-refractivity contribution is 5.34. The molecule has 1 atom stereocenters. The molecule has 82 valence electrons. The molecule has 0 radical (unpaired) electrons. The van der Waals surface area contributed by atoms with E-state index in [1.165, 1.54) is 11.1 Å². The molecule has 0 bridgehead atoms. The standard InChI is InChI=1S/C13H19NO/c1-3-14-8-12-5-4-11(9-15)7-13(12)6-10(14)2/h4-5,7,10,15H,3,6,8-9H2,1-2H3. The largest absolute Gasteiger partial charge is 0.392 e. The summed E-state index contributed by atoms with van der Waals surface area (Å²) in [4.78, 5) is 2.49. The number of nitrogens with zero attached hydrogens (tertiary/aromatic N) is 1. The maximum absolute atomic E-state index is 9.09. The fourth-order valence-corrected chi connectivity index (χ4v) is 2.37. The van der Waals surface area contributed by atoms with Crippen LogP contribution in [-0.4, -0.2) is 22.6 Å². The van der Waals surface area contributed by atoms with Crippen LogP contribution in [0.4, 0.5) is 0 Å². The van der Waals surface area contributed by atoms with Crippen LogP contribution in [0, 0.1) is 0 Å². The van der Waals surface area contributed by atoms with E-state index in [0.29, 0.717) is 6.04 Å². The maximum Gasteiger partial charge on any atom is 0.0681 e. The molecule has 0 amide bonds. The van der Waals surface area contributed by atoms with E-state index in [9.17, 15) is 0 Å². The van der Waals surface area contributed by atoms with Crippen LogP contribution >= 0.6 is 0 Å². The first-order chi connectivity index (χ1) is 7.24. The van der Waals surface area contributed by atoms with Gasteiger partial charge in [-0.15, -0.1) is 0 Å². The Balaban J connectivity index is 2.28. The van der Waals surface area contributed by atoms with Gasteiger partial charge < -0.3 is 5.11 Å². The molecule has 2 rings (SSSR count). The van der Waals surface area contributed by atoms with Gasteiger partial charge in [0.15, 0.2) is 0 Å². The zero-order chi connectivity index (χ0) is 10.8. The van der Waals surface area contributed by atoms with Gasteiger partial charge in [0, 0.05) is 12.6 Å². The molecule has 0 saturated heterocycles. The van der Waals surface area contributed by atoms with Crippen molar-refractivity contribution in [2.24, 2.45) is 0 Å². The lowest BCUT2D eigenvalue weighted by Crippen LogP contribution is -2.38. The van der Waals surface area contributed by atoms with Gasteiger partial charge in [-0.05, 0) is 36.6 Å². The quantitative estimate of drug-likeness (QED) is 0.797. The Morgan fingerprint density at radius 3 is 2.87 bits per heavy atom. The summed E-state index contributed by atoms with van der Waals surface area (Å²) in [5.74, 6) is 0. The molecule has 1 heterocycles. The number of aliphatic hydroxyl groups is 1. The van der Waals surface area contributed by atoms with Crippen molar-refractivity contribution in [1.82, 2.24) is 4.90 Å². The van der Waals surface area contributed by atoms with Crippen LogP contribution in [0.25, 0.3) is 0 Å². The number of rotatable bonds is 2. The molecule has 0 spiro atoms. The minimum absolute atomic E-state index is 0.152. The summed E-state index contributed by atoms with van der Waals surface area (Å²) in [6.45, 7) is 6.81. The van der Waals surface area contributed by atoms with Gasteiger partial charge >= 0.3 is 0 Å². The highest BCUT2D eigenvalue weighted by atomic mass is 16.3. The van der Waals surface area contributed by atoms with Crippen molar-refractivity contribution in [1.29, 1.82) is 0 Å². The summed E-state index contributed by atoms with van der Waals surface area (Å²) >= 11 is 0. The van der Waals surface area contributed by atoms with Gasteiger partial charge in [-0.1, -0.05) is 25.1 Å². The molecule has 1 unspecified atom stereocenters. The lowest BCUT2D eigenvalue weighted by atomic mass is 9.93. The molecule has 2 nitrogen and oxygen atoms in total. The Labute approximate surface area is 91.5 Å². The molecular weight excluding hydrogens is 186 g/mol. The van der Waals surface area contributed by atoms with E-state index in [2.05, 4.69) is 30.9 Å². The average Bonchev–Trinajstić information content (AvgIpc) is 2.27. The Morgan fingerprint density at radius 1 is 1.40 bits per heavy atom. The number of hydrogen-bond donors (Lipinski definition) is 1. The fourth-order valence-electron chi connectivity index (χ4n) is 2.37.